The fourth-order valence-corrected chi connectivity index (χ4v) is 4.20. The lowest BCUT2D eigenvalue weighted by molar-refractivity contribution is -0.141. The number of halogens is 1. The molecule has 0 atom stereocenters. The molecule has 156 valence electrons. The smallest absolute Gasteiger partial charge is 0.308 e. The molecule has 3 aromatic rings. The first kappa shape index (κ1) is 21.3. The minimum Gasteiger partial charge on any atom is -0.493 e. The zero-order valence-corrected chi connectivity index (χ0v) is 16.8. The van der Waals surface area contributed by atoms with E-state index in [-0.39, 0.29) is 40.5 Å². The maximum absolute atomic E-state index is 14.3. The van der Waals surface area contributed by atoms with Gasteiger partial charge in [0.1, 0.15) is 11.6 Å². The number of benzene rings is 2. The Morgan fingerprint density at radius 3 is 2.60 bits per heavy atom. The Balaban J connectivity index is 1.99. The van der Waals surface area contributed by atoms with E-state index in [1.54, 1.807) is 12.1 Å². The zero-order chi connectivity index (χ0) is 21.7. The highest BCUT2D eigenvalue weighted by Gasteiger charge is 2.23. The maximum Gasteiger partial charge on any atom is 0.308 e. The van der Waals surface area contributed by atoms with E-state index in [0.717, 1.165) is 10.2 Å². The molecule has 0 aliphatic heterocycles. The molecule has 0 saturated carbocycles. The summed E-state index contributed by atoms with van der Waals surface area (Å²) in [6.07, 6.45) is 1.63. The van der Waals surface area contributed by atoms with Gasteiger partial charge in [-0.15, -0.1) is 0 Å². The van der Waals surface area contributed by atoms with Crippen LogP contribution in [0.3, 0.4) is 0 Å². The topological polar surface area (TPSA) is 91.7 Å². The van der Waals surface area contributed by atoms with Crippen LogP contribution in [0.2, 0.25) is 0 Å². The quantitative estimate of drug-likeness (QED) is 0.402. The molecule has 0 spiro atoms. The highest BCUT2D eigenvalue weighted by atomic mass is 32.2. The molecule has 1 aromatic heterocycles. The summed E-state index contributed by atoms with van der Waals surface area (Å²) in [6.45, 7) is 0.00939. The molecule has 0 aliphatic carbocycles. The number of aldehydes is 1. The van der Waals surface area contributed by atoms with Crippen molar-refractivity contribution in [1.82, 2.24) is 3.97 Å². The molecule has 9 heteroatoms. The molecule has 2 aromatic carbocycles. The summed E-state index contributed by atoms with van der Waals surface area (Å²) in [5.41, 5.74) is 0.147. The molecule has 0 bridgehead atoms. The summed E-state index contributed by atoms with van der Waals surface area (Å²) in [5, 5.41) is 0. The van der Waals surface area contributed by atoms with E-state index in [0.29, 0.717) is 6.29 Å². The van der Waals surface area contributed by atoms with Gasteiger partial charge in [-0.2, -0.15) is 0 Å². The number of methoxy groups -OCH3 is 1. The Hall–Kier alpha value is -3.46. The summed E-state index contributed by atoms with van der Waals surface area (Å²) in [4.78, 5) is 22.3. The van der Waals surface area contributed by atoms with E-state index in [1.165, 1.54) is 49.6 Å². The van der Waals surface area contributed by atoms with Crippen molar-refractivity contribution in [2.24, 2.45) is 0 Å². The molecule has 3 rings (SSSR count). The van der Waals surface area contributed by atoms with Crippen molar-refractivity contribution < 1.29 is 31.9 Å². The minimum atomic E-state index is -4.17. The van der Waals surface area contributed by atoms with E-state index in [2.05, 4.69) is 4.74 Å². The third-order valence-corrected chi connectivity index (χ3v) is 5.93. The van der Waals surface area contributed by atoms with Crippen LogP contribution in [-0.4, -0.2) is 38.4 Å². The normalized spacial score (nSPS) is 11.1. The molecule has 1 heterocycles. The standard InChI is InChI=1S/C21H18FNO6S/c1-28-21(25)9-10-29-16-5-4-6-17(12-16)30(26,27)23-13-15(14-24)11-20(23)18-7-2-3-8-19(18)22/h2-8,11-14H,9-10H2,1H3. The monoisotopic (exact) mass is 431 g/mol. The van der Waals surface area contributed by atoms with Crippen molar-refractivity contribution in [2.45, 2.75) is 11.3 Å². The number of aromatic nitrogens is 1. The summed E-state index contributed by atoms with van der Waals surface area (Å²) in [7, 11) is -2.92. The molecular formula is C21H18FNO6S. The average Bonchev–Trinajstić information content (AvgIpc) is 3.19. The Kier molecular flexibility index (Phi) is 6.31. The van der Waals surface area contributed by atoms with Gasteiger partial charge in [0.15, 0.2) is 6.29 Å². The summed E-state index contributed by atoms with van der Waals surface area (Å²) >= 11 is 0. The van der Waals surface area contributed by atoms with Gasteiger partial charge in [-0.3, -0.25) is 9.59 Å². The summed E-state index contributed by atoms with van der Waals surface area (Å²) < 4.78 is 51.6. The van der Waals surface area contributed by atoms with Crippen LogP contribution < -0.4 is 4.74 Å². The van der Waals surface area contributed by atoms with E-state index in [1.807, 2.05) is 0 Å². The van der Waals surface area contributed by atoms with Crippen molar-refractivity contribution in [3.05, 3.63) is 72.2 Å². The van der Waals surface area contributed by atoms with Gasteiger partial charge in [-0.1, -0.05) is 18.2 Å². The largest absolute Gasteiger partial charge is 0.493 e. The average molecular weight is 431 g/mol. The first-order valence-corrected chi connectivity index (χ1v) is 10.3. The van der Waals surface area contributed by atoms with Crippen molar-refractivity contribution in [1.29, 1.82) is 0 Å². The van der Waals surface area contributed by atoms with Crippen LogP contribution in [0.15, 0.2) is 65.7 Å². The molecular weight excluding hydrogens is 413 g/mol. The lowest BCUT2D eigenvalue weighted by Gasteiger charge is -2.12. The SMILES string of the molecule is COC(=O)CCOc1cccc(S(=O)(=O)n2cc(C=O)cc2-c2ccccc2F)c1. The van der Waals surface area contributed by atoms with Gasteiger partial charge in [0, 0.05) is 23.4 Å². The molecule has 0 N–H and O–H groups in total. The minimum absolute atomic E-state index is 0.00516. The van der Waals surface area contributed by atoms with Crippen molar-refractivity contribution >= 4 is 22.3 Å². The van der Waals surface area contributed by atoms with Crippen LogP contribution in [0.4, 0.5) is 4.39 Å². The molecule has 0 amide bonds. The number of nitrogens with zero attached hydrogens (tertiary/aromatic N) is 1. The van der Waals surface area contributed by atoms with Crippen LogP contribution >= 0.6 is 0 Å². The molecule has 30 heavy (non-hydrogen) atoms. The van der Waals surface area contributed by atoms with Gasteiger partial charge < -0.3 is 9.47 Å². The molecule has 0 radical (unpaired) electrons. The first-order chi connectivity index (χ1) is 14.4. The van der Waals surface area contributed by atoms with Gasteiger partial charge in [-0.25, -0.2) is 16.8 Å². The maximum atomic E-state index is 14.3. The molecule has 0 saturated heterocycles. The van der Waals surface area contributed by atoms with E-state index in [9.17, 15) is 22.4 Å². The van der Waals surface area contributed by atoms with Crippen molar-refractivity contribution in [2.75, 3.05) is 13.7 Å². The van der Waals surface area contributed by atoms with Crippen molar-refractivity contribution in [3.8, 4) is 17.0 Å². The summed E-state index contributed by atoms with van der Waals surface area (Å²) in [5.74, 6) is -0.846. The lowest BCUT2D eigenvalue weighted by atomic mass is 10.1. The van der Waals surface area contributed by atoms with Crippen LogP contribution in [0.25, 0.3) is 11.3 Å². The number of hydrogen-bond donors (Lipinski definition) is 0. The molecule has 0 aliphatic rings. The number of carbonyl (C=O) groups excluding carboxylic acids is 2. The fraction of sp³-hybridized carbons (Fsp3) is 0.143. The number of carbonyl (C=O) groups is 2. The molecule has 7 nitrogen and oxygen atoms in total. The van der Waals surface area contributed by atoms with Gasteiger partial charge in [0.25, 0.3) is 10.0 Å². The predicted molar refractivity (Wildman–Crippen MR) is 106 cm³/mol. The number of esters is 1. The Bertz CT molecular complexity index is 1190. The summed E-state index contributed by atoms with van der Waals surface area (Å²) in [6, 6.07) is 12.7. The lowest BCUT2D eigenvalue weighted by Crippen LogP contribution is -2.14. The van der Waals surface area contributed by atoms with E-state index >= 15 is 0 Å². The number of rotatable bonds is 8. The van der Waals surface area contributed by atoms with Gasteiger partial charge in [-0.05, 0) is 30.3 Å². The predicted octanol–water partition coefficient (Wildman–Crippen LogP) is 3.29. The van der Waals surface area contributed by atoms with Crippen molar-refractivity contribution in [3.63, 3.8) is 0 Å². The third-order valence-electron chi connectivity index (χ3n) is 4.26. The second-order valence-corrected chi connectivity index (χ2v) is 8.02. The second-order valence-electron chi connectivity index (χ2n) is 6.21. The van der Waals surface area contributed by atoms with Gasteiger partial charge in [0.05, 0.1) is 30.7 Å². The fourth-order valence-electron chi connectivity index (χ4n) is 2.78. The highest BCUT2D eigenvalue weighted by molar-refractivity contribution is 7.90. The van der Waals surface area contributed by atoms with Crippen LogP contribution in [0, 0.1) is 5.82 Å². The first-order valence-electron chi connectivity index (χ1n) is 8.84. The second kappa shape index (κ2) is 8.91. The van der Waals surface area contributed by atoms with Gasteiger partial charge in [0.2, 0.25) is 0 Å². The Labute approximate surface area is 172 Å². The Morgan fingerprint density at radius 1 is 1.13 bits per heavy atom. The van der Waals surface area contributed by atoms with E-state index < -0.39 is 21.8 Å². The van der Waals surface area contributed by atoms with Gasteiger partial charge >= 0.3 is 5.97 Å². The number of hydrogen-bond acceptors (Lipinski definition) is 6. The number of ether oxygens (including phenoxy) is 2. The third kappa shape index (κ3) is 4.41. The van der Waals surface area contributed by atoms with E-state index in [4.69, 9.17) is 4.74 Å². The van der Waals surface area contributed by atoms with Crippen LogP contribution in [0.1, 0.15) is 16.8 Å². The highest BCUT2D eigenvalue weighted by Crippen LogP contribution is 2.29. The molecule has 0 fully saturated rings. The zero-order valence-electron chi connectivity index (χ0n) is 15.9. The molecule has 0 unspecified atom stereocenters. The van der Waals surface area contributed by atoms with Crippen LogP contribution in [-0.2, 0) is 19.6 Å². The Morgan fingerprint density at radius 2 is 1.90 bits per heavy atom. The van der Waals surface area contributed by atoms with Crippen LogP contribution in [0.5, 0.6) is 5.75 Å².